The van der Waals surface area contributed by atoms with Gasteiger partial charge in [0.05, 0.1) is 17.6 Å². The summed E-state index contributed by atoms with van der Waals surface area (Å²) in [5.41, 5.74) is 2.48. The number of rotatable bonds is 4. The van der Waals surface area contributed by atoms with Crippen molar-refractivity contribution in [1.82, 2.24) is 14.4 Å². The lowest BCUT2D eigenvalue weighted by molar-refractivity contribution is -0.136. The van der Waals surface area contributed by atoms with E-state index >= 15 is 0 Å². The van der Waals surface area contributed by atoms with Crippen molar-refractivity contribution >= 4 is 11.5 Å². The number of carbonyl (C=O) groups is 1. The van der Waals surface area contributed by atoms with E-state index in [1.807, 2.05) is 47.0 Å². The molecule has 3 aromatic heterocycles. The second kappa shape index (κ2) is 5.13. The van der Waals surface area contributed by atoms with Gasteiger partial charge >= 0.3 is 5.97 Å². The minimum atomic E-state index is -0.818. The number of aryl methyl sites for hydroxylation is 1. The molecule has 0 atom stereocenters. The quantitative estimate of drug-likeness (QED) is 0.788. The van der Waals surface area contributed by atoms with Gasteiger partial charge in [0.15, 0.2) is 5.82 Å². The molecule has 20 heavy (non-hydrogen) atoms. The Kier molecular flexibility index (Phi) is 3.16. The van der Waals surface area contributed by atoms with Crippen LogP contribution in [0.15, 0.2) is 48.8 Å². The van der Waals surface area contributed by atoms with Crippen LogP contribution in [-0.2, 0) is 11.2 Å². The van der Waals surface area contributed by atoms with Gasteiger partial charge < -0.3 is 5.11 Å². The van der Waals surface area contributed by atoms with Crippen molar-refractivity contribution in [3.8, 4) is 11.5 Å². The summed E-state index contributed by atoms with van der Waals surface area (Å²) in [5.74, 6) is -0.0805. The molecule has 1 N–H and O–H groups in total. The van der Waals surface area contributed by atoms with E-state index in [0.29, 0.717) is 6.42 Å². The molecule has 100 valence electrons. The maximum Gasteiger partial charge on any atom is 0.303 e. The number of pyridine rings is 2. The fourth-order valence-corrected chi connectivity index (χ4v) is 2.19. The topological polar surface area (TPSA) is 67.5 Å². The Bertz CT molecular complexity index is 750. The predicted molar refractivity (Wildman–Crippen MR) is 74.4 cm³/mol. The number of fused-ring (bicyclic) bond motifs is 1. The minimum Gasteiger partial charge on any atom is -0.481 e. The third-order valence-electron chi connectivity index (χ3n) is 3.09. The van der Waals surface area contributed by atoms with E-state index in [4.69, 9.17) is 5.11 Å². The summed E-state index contributed by atoms with van der Waals surface area (Å²) in [5, 5.41) is 8.82. The highest BCUT2D eigenvalue weighted by molar-refractivity contribution is 5.69. The first-order chi connectivity index (χ1) is 9.75. The lowest BCUT2D eigenvalue weighted by atomic mass is 10.2. The van der Waals surface area contributed by atoms with Gasteiger partial charge in [-0.15, -0.1) is 0 Å². The van der Waals surface area contributed by atoms with Crippen LogP contribution in [0.5, 0.6) is 0 Å². The van der Waals surface area contributed by atoms with Crippen LogP contribution in [0, 0.1) is 0 Å². The highest BCUT2D eigenvalue weighted by Crippen LogP contribution is 2.21. The number of aromatic nitrogens is 3. The summed E-state index contributed by atoms with van der Waals surface area (Å²) >= 11 is 0. The van der Waals surface area contributed by atoms with Crippen molar-refractivity contribution < 1.29 is 9.90 Å². The normalized spacial score (nSPS) is 10.8. The van der Waals surface area contributed by atoms with Crippen molar-refractivity contribution in [3.05, 3.63) is 54.5 Å². The maximum absolute atomic E-state index is 10.7. The smallest absolute Gasteiger partial charge is 0.303 e. The van der Waals surface area contributed by atoms with E-state index < -0.39 is 5.97 Å². The third kappa shape index (κ3) is 2.25. The Morgan fingerprint density at radius 3 is 2.80 bits per heavy atom. The largest absolute Gasteiger partial charge is 0.481 e. The van der Waals surface area contributed by atoms with Crippen LogP contribution in [-0.4, -0.2) is 25.4 Å². The van der Waals surface area contributed by atoms with Crippen LogP contribution in [0.3, 0.4) is 0 Å². The Morgan fingerprint density at radius 2 is 2.05 bits per heavy atom. The molecule has 3 heterocycles. The molecule has 0 aliphatic rings. The molecule has 0 amide bonds. The molecule has 0 aromatic carbocycles. The number of hydrogen-bond acceptors (Lipinski definition) is 3. The zero-order valence-corrected chi connectivity index (χ0v) is 10.7. The number of imidazole rings is 1. The number of aliphatic carboxylic acids is 1. The molecule has 0 bridgehead atoms. The molecule has 5 nitrogen and oxygen atoms in total. The second-order valence-corrected chi connectivity index (χ2v) is 4.45. The van der Waals surface area contributed by atoms with Crippen LogP contribution in [0.25, 0.3) is 17.0 Å². The van der Waals surface area contributed by atoms with Gasteiger partial charge in [-0.3, -0.25) is 14.2 Å². The van der Waals surface area contributed by atoms with Crippen LogP contribution in [0.2, 0.25) is 0 Å². The van der Waals surface area contributed by atoms with Crippen LogP contribution in [0.1, 0.15) is 12.1 Å². The summed E-state index contributed by atoms with van der Waals surface area (Å²) in [7, 11) is 0. The average molecular weight is 267 g/mol. The summed E-state index contributed by atoms with van der Waals surface area (Å²) in [4.78, 5) is 19.6. The van der Waals surface area contributed by atoms with E-state index in [9.17, 15) is 4.79 Å². The molecule has 0 aliphatic carbocycles. The summed E-state index contributed by atoms with van der Waals surface area (Å²) in [6.07, 6.45) is 4.12. The lowest BCUT2D eigenvalue weighted by Crippen LogP contribution is -1.98. The molecular formula is C15H13N3O2. The van der Waals surface area contributed by atoms with Crippen LogP contribution in [0.4, 0.5) is 0 Å². The van der Waals surface area contributed by atoms with Crippen molar-refractivity contribution in [3.63, 3.8) is 0 Å². The number of nitrogens with zero attached hydrogens (tertiary/aromatic N) is 3. The van der Waals surface area contributed by atoms with Crippen LogP contribution >= 0.6 is 0 Å². The van der Waals surface area contributed by atoms with Gasteiger partial charge in [0, 0.05) is 18.8 Å². The van der Waals surface area contributed by atoms with Crippen molar-refractivity contribution in [2.75, 3.05) is 0 Å². The summed E-state index contributed by atoms with van der Waals surface area (Å²) < 4.78 is 1.94. The van der Waals surface area contributed by atoms with Crippen molar-refractivity contribution in [2.45, 2.75) is 12.8 Å². The molecule has 0 aliphatic heterocycles. The fraction of sp³-hybridized carbons (Fsp3) is 0.133. The number of carboxylic acid groups (broad SMARTS) is 1. The number of hydrogen-bond donors (Lipinski definition) is 1. The first-order valence-corrected chi connectivity index (χ1v) is 6.35. The molecule has 0 saturated heterocycles. The number of carboxylic acids is 1. The van der Waals surface area contributed by atoms with Gasteiger partial charge in [-0.25, -0.2) is 4.98 Å². The molecule has 0 spiro atoms. The fourth-order valence-electron chi connectivity index (χ4n) is 2.19. The zero-order valence-electron chi connectivity index (χ0n) is 10.7. The van der Waals surface area contributed by atoms with Gasteiger partial charge in [-0.05, 0) is 24.3 Å². The van der Waals surface area contributed by atoms with E-state index in [1.165, 1.54) is 0 Å². The summed E-state index contributed by atoms with van der Waals surface area (Å²) in [6.45, 7) is 0. The van der Waals surface area contributed by atoms with E-state index in [0.717, 1.165) is 22.7 Å². The molecule has 3 rings (SSSR count). The first-order valence-electron chi connectivity index (χ1n) is 6.35. The lowest BCUT2D eigenvalue weighted by Gasteiger charge is -1.99. The van der Waals surface area contributed by atoms with Gasteiger partial charge in [-0.2, -0.15) is 0 Å². The van der Waals surface area contributed by atoms with E-state index in [1.54, 1.807) is 6.20 Å². The molecule has 0 unspecified atom stereocenters. The Morgan fingerprint density at radius 1 is 1.20 bits per heavy atom. The first kappa shape index (κ1) is 12.3. The van der Waals surface area contributed by atoms with Gasteiger partial charge in [-0.1, -0.05) is 12.1 Å². The van der Waals surface area contributed by atoms with Crippen molar-refractivity contribution in [2.24, 2.45) is 0 Å². The highest BCUT2D eigenvalue weighted by atomic mass is 16.4. The standard InChI is InChI=1S/C15H13N3O2/c19-14(20)8-7-11-13-6-2-4-10-18(13)15(17-11)12-5-1-3-9-16-12/h1-6,9-10H,7-8H2,(H,19,20). The molecule has 0 radical (unpaired) electrons. The molecule has 5 heteroatoms. The molecule has 0 fully saturated rings. The van der Waals surface area contributed by atoms with E-state index in [-0.39, 0.29) is 6.42 Å². The molecule has 3 aromatic rings. The monoisotopic (exact) mass is 267 g/mol. The van der Waals surface area contributed by atoms with E-state index in [2.05, 4.69) is 9.97 Å². The Hall–Kier alpha value is -2.69. The van der Waals surface area contributed by atoms with Crippen LogP contribution < -0.4 is 0 Å². The van der Waals surface area contributed by atoms with Gasteiger partial charge in [0.25, 0.3) is 0 Å². The van der Waals surface area contributed by atoms with Gasteiger partial charge in [0.1, 0.15) is 5.69 Å². The summed E-state index contributed by atoms with van der Waals surface area (Å²) in [6, 6.07) is 11.4. The third-order valence-corrected chi connectivity index (χ3v) is 3.09. The Balaban J connectivity index is 2.11. The molecular weight excluding hydrogens is 254 g/mol. The van der Waals surface area contributed by atoms with Crippen molar-refractivity contribution in [1.29, 1.82) is 0 Å². The zero-order chi connectivity index (χ0) is 13.9. The second-order valence-electron chi connectivity index (χ2n) is 4.45. The maximum atomic E-state index is 10.7. The van der Waals surface area contributed by atoms with Gasteiger partial charge in [0.2, 0.25) is 0 Å². The highest BCUT2D eigenvalue weighted by Gasteiger charge is 2.13. The average Bonchev–Trinajstić information content (AvgIpc) is 2.85. The molecule has 0 saturated carbocycles. The SMILES string of the molecule is O=C(O)CCc1nc(-c2ccccn2)n2ccccc12. The minimum absolute atomic E-state index is 0.0726. The predicted octanol–water partition coefficient (Wildman–Crippen LogP) is 2.41. The Labute approximate surface area is 115 Å².